The van der Waals surface area contributed by atoms with E-state index in [0.29, 0.717) is 11.4 Å². The number of hydrogen-bond acceptors (Lipinski definition) is 4. The zero-order chi connectivity index (χ0) is 18.6. The lowest BCUT2D eigenvalue weighted by molar-refractivity contribution is -0.121. The zero-order valence-corrected chi connectivity index (χ0v) is 14.3. The van der Waals surface area contributed by atoms with E-state index in [9.17, 15) is 9.18 Å². The van der Waals surface area contributed by atoms with Gasteiger partial charge in [-0.25, -0.2) is 19.3 Å². The van der Waals surface area contributed by atoms with Crippen LogP contribution in [0.5, 0.6) is 0 Å². The van der Waals surface area contributed by atoms with E-state index in [4.69, 9.17) is 0 Å². The molecule has 0 saturated heterocycles. The number of aromatic nitrogens is 4. The van der Waals surface area contributed by atoms with E-state index in [1.54, 1.807) is 29.1 Å². The Morgan fingerprint density at radius 3 is 2.70 bits per heavy atom. The van der Waals surface area contributed by atoms with Gasteiger partial charge in [0.1, 0.15) is 18.7 Å². The Hall–Kier alpha value is -3.61. The Labute approximate surface area is 154 Å². The number of nitrogens with zero attached hydrogens (tertiary/aromatic N) is 4. The summed E-state index contributed by atoms with van der Waals surface area (Å²) in [6.45, 7) is 0.457. The van der Waals surface area contributed by atoms with Crippen molar-refractivity contribution < 1.29 is 9.18 Å². The molecule has 0 atom stereocenters. The Morgan fingerprint density at radius 1 is 1.04 bits per heavy atom. The van der Waals surface area contributed by atoms with Crippen molar-refractivity contribution >= 4 is 16.9 Å². The summed E-state index contributed by atoms with van der Waals surface area (Å²) in [5.41, 5.74) is 3.90. The van der Waals surface area contributed by atoms with Gasteiger partial charge in [0.2, 0.25) is 5.91 Å². The first kappa shape index (κ1) is 16.8. The summed E-state index contributed by atoms with van der Waals surface area (Å²) < 4.78 is 14.9. The van der Waals surface area contributed by atoms with E-state index >= 15 is 0 Å². The molecule has 0 radical (unpaired) electrons. The molecule has 0 aliphatic carbocycles. The van der Waals surface area contributed by atoms with E-state index < -0.39 is 0 Å². The fourth-order valence-electron chi connectivity index (χ4n) is 2.81. The predicted molar refractivity (Wildman–Crippen MR) is 99.0 cm³/mol. The SMILES string of the molecule is O=C(Cn1cnc2ccccc21)NCc1cc(-c2ccc(F)cc2)ncn1. The summed E-state index contributed by atoms with van der Waals surface area (Å²) in [5.74, 6) is -0.438. The number of rotatable bonds is 5. The lowest BCUT2D eigenvalue weighted by Gasteiger charge is -2.07. The van der Waals surface area contributed by atoms with Gasteiger partial charge in [0.05, 0.1) is 35.3 Å². The van der Waals surface area contributed by atoms with Gasteiger partial charge < -0.3 is 9.88 Å². The Morgan fingerprint density at radius 2 is 1.85 bits per heavy atom. The molecule has 2 aromatic carbocycles. The van der Waals surface area contributed by atoms with Crippen LogP contribution in [-0.4, -0.2) is 25.4 Å². The standard InChI is InChI=1S/C20H16FN5O/c21-15-7-5-14(6-8-15)18-9-16(23-12-24-18)10-22-20(27)11-26-13-25-17-3-1-2-4-19(17)26/h1-9,12-13H,10-11H2,(H,22,27). The van der Waals surface area contributed by atoms with Crippen molar-refractivity contribution in [2.45, 2.75) is 13.1 Å². The molecule has 0 aliphatic heterocycles. The minimum Gasteiger partial charge on any atom is -0.349 e. The smallest absolute Gasteiger partial charge is 0.240 e. The molecule has 0 bridgehead atoms. The van der Waals surface area contributed by atoms with Crippen LogP contribution >= 0.6 is 0 Å². The normalized spacial score (nSPS) is 10.9. The number of fused-ring (bicyclic) bond motifs is 1. The topological polar surface area (TPSA) is 72.7 Å². The Balaban J connectivity index is 1.42. The van der Waals surface area contributed by atoms with Gasteiger partial charge in [-0.05, 0) is 42.5 Å². The number of nitrogens with one attached hydrogen (secondary N) is 1. The number of benzene rings is 2. The van der Waals surface area contributed by atoms with Gasteiger partial charge in [0.15, 0.2) is 0 Å². The predicted octanol–water partition coefficient (Wildman–Crippen LogP) is 2.95. The van der Waals surface area contributed by atoms with Crippen LogP contribution in [0, 0.1) is 5.82 Å². The summed E-state index contributed by atoms with van der Waals surface area (Å²) in [5, 5.41) is 2.85. The van der Waals surface area contributed by atoms with Gasteiger partial charge in [-0.15, -0.1) is 0 Å². The van der Waals surface area contributed by atoms with Crippen molar-refractivity contribution in [3.8, 4) is 11.3 Å². The summed E-state index contributed by atoms with van der Waals surface area (Å²) in [7, 11) is 0. The molecule has 7 heteroatoms. The fraction of sp³-hybridized carbons (Fsp3) is 0.100. The molecule has 2 aromatic heterocycles. The van der Waals surface area contributed by atoms with Gasteiger partial charge in [-0.2, -0.15) is 0 Å². The minimum atomic E-state index is -0.299. The molecular weight excluding hydrogens is 345 g/mol. The van der Waals surface area contributed by atoms with E-state index in [1.807, 2.05) is 24.3 Å². The van der Waals surface area contributed by atoms with Crippen LogP contribution < -0.4 is 5.32 Å². The van der Waals surface area contributed by atoms with Crippen molar-refractivity contribution in [2.24, 2.45) is 0 Å². The summed E-state index contributed by atoms with van der Waals surface area (Å²) in [6.07, 6.45) is 3.09. The molecule has 0 fully saturated rings. The lowest BCUT2D eigenvalue weighted by Crippen LogP contribution is -2.27. The maximum atomic E-state index is 13.1. The van der Waals surface area contributed by atoms with Gasteiger partial charge in [0, 0.05) is 5.56 Å². The second kappa shape index (κ2) is 7.33. The first-order valence-electron chi connectivity index (χ1n) is 8.42. The third-order valence-corrected chi connectivity index (χ3v) is 4.17. The van der Waals surface area contributed by atoms with Crippen LogP contribution in [0.2, 0.25) is 0 Å². The van der Waals surface area contributed by atoms with Crippen molar-refractivity contribution in [1.29, 1.82) is 0 Å². The molecule has 1 N–H and O–H groups in total. The summed E-state index contributed by atoms with van der Waals surface area (Å²) in [4.78, 5) is 24.9. The second-order valence-corrected chi connectivity index (χ2v) is 6.04. The second-order valence-electron chi connectivity index (χ2n) is 6.04. The molecule has 0 unspecified atom stereocenters. The van der Waals surface area contributed by atoms with Crippen molar-refractivity contribution in [1.82, 2.24) is 24.8 Å². The molecule has 6 nitrogen and oxygen atoms in total. The van der Waals surface area contributed by atoms with Crippen LogP contribution in [-0.2, 0) is 17.9 Å². The van der Waals surface area contributed by atoms with Crippen molar-refractivity contribution in [3.05, 3.63) is 78.8 Å². The molecule has 0 spiro atoms. The number of para-hydroxylation sites is 2. The highest BCUT2D eigenvalue weighted by Gasteiger charge is 2.08. The Kier molecular flexibility index (Phi) is 4.57. The van der Waals surface area contributed by atoms with Gasteiger partial charge in [-0.1, -0.05) is 12.1 Å². The number of amides is 1. The van der Waals surface area contributed by atoms with E-state index in [1.165, 1.54) is 18.5 Å². The lowest BCUT2D eigenvalue weighted by atomic mass is 10.1. The average Bonchev–Trinajstić information content (AvgIpc) is 3.10. The highest BCUT2D eigenvalue weighted by Crippen LogP contribution is 2.17. The van der Waals surface area contributed by atoms with Gasteiger partial charge in [0.25, 0.3) is 0 Å². The number of halogens is 1. The number of carbonyl (C=O) groups excluding carboxylic acids is 1. The third-order valence-electron chi connectivity index (χ3n) is 4.17. The average molecular weight is 361 g/mol. The van der Waals surface area contributed by atoms with E-state index in [0.717, 1.165) is 16.6 Å². The highest BCUT2D eigenvalue weighted by molar-refractivity contribution is 5.80. The first-order valence-corrected chi connectivity index (χ1v) is 8.42. The van der Waals surface area contributed by atoms with Crippen LogP contribution in [0.15, 0.2) is 67.3 Å². The van der Waals surface area contributed by atoms with Crippen LogP contribution in [0.25, 0.3) is 22.3 Å². The fourth-order valence-corrected chi connectivity index (χ4v) is 2.81. The molecule has 134 valence electrons. The number of hydrogen-bond donors (Lipinski definition) is 1. The summed E-state index contributed by atoms with van der Waals surface area (Å²) in [6, 6.07) is 15.5. The third kappa shape index (κ3) is 3.82. The largest absolute Gasteiger partial charge is 0.349 e. The molecule has 0 aliphatic rings. The molecule has 0 saturated carbocycles. The Bertz CT molecular complexity index is 1090. The molecule has 27 heavy (non-hydrogen) atoms. The van der Waals surface area contributed by atoms with Crippen molar-refractivity contribution in [3.63, 3.8) is 0 Å². The first-order chi connectivity index (χ1) is 13.2. The van der Waals surface area contributed by atoms with Crippen LogP contribution in [0.3, 0.4) is 0 Å². The highest BCUT2D eigenvalue weighted by atomic mass is 19.1. The molecule has 4 aromatic rings. The number of carbonyl (C=O) groups is 1. The van der Waals surface area contributed by atoms with Crippen LogP contribution in [0.4, 0.5) is 4.39 Å². The molecule has 2 heterocycles. The zero-order valence-electron chi connectivity index (χ0n) is 14.3. The molecule has 4 rings (SSSR count). The molecular formula is C20H16FN5O. The van der Waals surface area contributed by atoms with E-state index in [-0.39, 0.29) is 24.8 Å². The monoisotopic (exact) mass is 361 g/mol. The summed E-state index contributed by atoms with van der Waals surface area (Å²) >= 11 is 0. The van der Waals surface area contributed by atoms with Crippen molar-refractivity contribution in [2.75, 3.05) is 0 Å². The van der Waals surface area contributed by atoms with Gasteiger partial charge in [-0.3, -0.25) is 4.79 Å². The minimum absolute atomic E-state index is 0.139. The van der Waals surface area contributed by atoms with Crippen LogP contribution in [0.1, 0.15) is 5.69 Å². The molecule has 1 amide bonds. The van der Waals surface area contributed by atoms with Gasteiger partial charge >= 0.3 is 0 Å². The number of imidazole rings is 1. The maximum absolute atomic E-state index is 13.1. The maximum Gasteiger partial charge on any atom is 0.240 e. The quantitative estimate of drug-likeness (QED) is 0.593. The van der Waals surface area contributed by atoms with E-state index in [2.05, 4.69) is 20.3 Å².